The number of hydrogen-bond acceptors (Lipinski definition) is 4. The average Bonchev–Trinajstić information content (AvgIpc) is 2.41. The Morgan fingerprint density at radius 1 is 1.11 bits per heavy atom. The first-order valence-electron chi connectivity index (χ1n) is 5.29. The van der Waals surface area contributed by atoms with Crippen molar-refractivity contribution in [2.45, 2.75) is 0 Å². The quantitative estimate of drug-likeness (QED) is 0.373. The number of hydrogen-bond donors (Lipinski definition) is 0. The summed E-state index contributed by atoms with van der Waals surface area (Å²) in [6.07, 6.45) is 0. The third-order valence-corrected chi connectivity index (χ3v) is 2.64. The summed E-state index contributed by atoms with van der Waals surface area (Å²) in [5, 5.41) is 10.9. The molecule has 0 atom stereocenters. The van der Waals surface area contributed by atoms with E-state index < -0.39 is 10.9 Å². The molecule has 5 nitrogen and oxygen atoms in total. The molecule has 0 aliphatic rings. The van der Waals surface area contributed by atoms with Gasteiger partial charge in [-0.1, -0.05) is 35.9 Å². The largest absolute Gasteiger partial charge is 0.414 e. The summed E-state index contributed by atoms with van der Waals surface area (Å²) in [5.41, 5.74) is -0.0616. The van der Waals surface area contributed by atoms with Crippen molar-refractivity contribution in [2.75, 3.05) is 0 Å². The summed E-state index contributed by atoms with van der Waals surface area (Å²) in [6.45, 7) is 0. The van der Waals surface area contributed by atoms with E-state index >= 15 is 0 Å². The van der Waals surface area contributed by atoms with Gasteiger partial charge in [0.05, 0.1) is 15.5 Å². The van der Waals surface area contributed by atoms with Crippen LogP contribution >= 0.6 is 11.6 Å². The van der Waals surface area contributed by atoms with Gasteiger partial charge in [0.2, 0.25) is 5.75 Å². The van der Waals surface area contributed by atoms with Crippen molar-refractivity contribution in [1.29, 1.82) is 0 Å². The molecular formula is C13H8ClNO4. The number of rotatable bonds is 3. The number of carbonyl (C=O) groups excluding carboxylic acids is 1. The lowest BCUT2D eigenvalue weighted by molar-refractivity contribution is -0.385. The van der Waals surface area contributed by atoms with E-state index in [1.54, 1.807) is 30.3 Å². The number of carbonyl (C=O) groups is 1. The van der Waals surface area contributed by atoms with Gasteiger partial charge in [0.1, 0.15) is 0 Å². The monoisotopic (exact) mass is 277 g/mol. The molecule has 0 aromatic heterocycles. The number of para-hydroxylation sites is 1. The highest BCUT2D eigenvalue weighted by molar-refractivity contribution is 6.32. The van der Waals surface area contributed by atoms with Crippen LogP contribution in [0.25, 0.3) is 0 Å². The zero-order valence-corrected chi connectivity index (χ0v) is 10.3. The van der Waals surface area contributed by atoms with E-state index in [4.69, 9.17) is 16.3 Å². The minimum atomic E-state index is -0.697. The molecule has 0 heterocycles. The lowest BCUT2D eigenvalue weighted by Crippen LogP contribution is -2.09. The van der Waals surface area contributed by atoms with Gasteiger partial charge in [0, 0.05) is 6.07 Å². The van der Waals surface area contributed by atoms with E-state index in [2.05, 4.69) is 0 Å². The smallest absolute Gasteiger partial charge is 0.343 e. The lowest BCUT2D eigenvalue weighted by atomic mass is 10.2. The molecule has 0 saturated heterocycles. The first kappa shape index (κ1) is 13.0. The number of halogens is 1. The molecule has 0 N–H and O–H groups in total. The van der Waals surface area contributed by atoms with Gasteiger partial charge in [0.15, 0.2) is 0 Å². The van der Waals surface area contributed by atoms with Crippen LogP contribution in [-0.2, 0) is 0 Å². The molecule has 0 amide bonds. The Balaban J connectivity index is 2.34. The van der Waals surface area contributed by atoms with Crippen molar-refractivity contribution in [3.63, 3.8) is 0 Å². The van der Waals surface area contributed by atoms with E-state index in [1.807, 2.05) is 0 Å². The van der Waals surface area contributed by atoms with Gasteiger partial charge in [-0.25, -0.2) is 4.79 Å². The normalized spacial score (nSPS) is 9.95. The molecule has 0 spiro atoms. The average molecular weight is 278 g/mol. The highest BCUT2D eigenvalue weighted by Gasteiger charge is 2.21. The summed E-state index contributed by atoms with van der Waals surface area (Å²) < 4.78 is 5.01. The molecule has 0 unspecified atom stereocenters. The van der Waals surface area contributed by atoms with Crippen molar-refractivity contribution >= 4 is 23.3 Å². The minimum Gasteiger partial charge on any atom is -0.414 e. The molecule has 2 aromatic rings. The second kappa shape index (κ2) is 5.49. The molecule has 0 aliphatic heterocycles. The predicted molar refractivity (Wildman–Crippen MR) is 69.5 cm³/mol. The van der Waals surface area contributed by atoms with Gasteiger partial charge in [-0.2, -0.15) is 0 Å². The van der Waals surface area contributed by atoms with Crippen LogP contribution in [0, 0.1) is 10.1 Å². The van der Waals surface area contributed by atoms with Crippen molar-refractivity contribution in [3.8, 4) is 5.75 Å². The maximum Gasteiger partial charge on any atom is 0.343 e. The maximum absolute atomic E-state index is 11.8. The highest BCUT2D eigenvalue weighted by atomic mass is 35.5. The Labute approximate surface area is 113 Å². The van der Waals surface area contributed by atoms with E-state index in [9.17, 15) is 14.9 Å². The summed E-state index contributed by atoms with van der Waals surface area (Å²) in [4.78, 5) is 22.0. The summed E-state index contributed by atoms with van der Waals surface area (Å²) in [6, 6.07) is 12.2. The van der Waals surface area contributed by atoms with Crippen molar-refractivity contribution in [3.05, 3.63) is 69.2 Å². The topological polar surface area (TPSA) is 69.4 Å². The molecule has 2 aromatic carbocycles. The molecule has 19 heavy (non-hydrogen) atoms. The van der Waals surface area contributed by atoms with Crippen LogP contribution < -0.4 is 4.74 Å². The zero-order valence-electron chi connectivity index (χ0n) is 9.58. The second-order valence-electron chi connectivity index (χ2n) is 3.60. The third-order valence-electron chi connectivity index (χ3n) is 2.35. The molecular weight excluding hydrogens is 270 g/mol. The molecule has 0 fully saturated rings. The lowest BCUT2D eigenvalue weighted by Gasteiger charge is -2.06. The van der Waals surface area contributed by atoms with Gasteiger partial charge in [-0.3, -0.25) is 10.1 Å². The van der Waals surface area contributed by atoms with Crippen LogP contribution in [0.3, 0.4) is 0 Å². The van der Waals surface area contributed by atoms with Crippen LogP contribution in [-0.4, -0.2) is 10.9 Å². The SMILES string of the molecule is O=C(Oc1c(Cl)cccc1[N+](=O)[O-])c1ccccc1. The number of benzene rings is 2. The first-order chi connectivity index (χ1) is 9.09. The van der Waals surface area contributed by atoms with Crippen molar-refractivity contribution < 1.29 is 14.5 Å². The minimum absolute atomic E-state index is 0.0125. The first-order valence-corrected chi connectivity index (χ1v) is 5.67. The van der Waals surface area contributed by atoms with E-state index in [0.29, 0.717) is 0 Å². The fourth-order valence-corrected chi connectivity index (χ4v) is 1.68. The molecule has 0 bridgehead atoms. The molecule has 96 valence electrons. The van der Waals surface area contributed by atoms with E-state index in [1.165, 1.54) is 18.2 Å². The van der Waals surface area contributed by atoms with Crippen LogP contribution in [0.15, 0.2) is 48.5 Å². The van der Waals surface area contributed by atoms with Gasteiger partial charge in [0.25, 0.3) is 0 Å². The Morgan fingerprint density at radius 2 is 1.79 bits per heavy atom. The maximum atomic E-state index is 11.8. The molecule has 0 aliphatic carbocycles. The Kier molecular flexibility index (Phi) is 3.77. The number of nitrogens with zero attached hydrogens (tertiary/aromatic N) is 1. The zero-order chi connectivity index (χ0) is 13.8. The number of nitro benzene ring substituents is 1. The van der Waals surface area contributed by atoms with Crippen LogP contribution in [0.4, 0.5) is 5.69 Å². The van der Waals surface area contributed by atoms with Gasteiger partial charge in [-0.05, 0) is 18.2 Å². The molecule has 2 rings (SSSR count). The summed E-state index contributed by atoms with van der Waals surface area (Å²) in [5.74, 6) is -0.945. The molecule has 0 saturated carbocycles. The van der Waals surface area contributed by atoms with Crippen molar-refractivity contribution in [2.24, 2.45) is 0 Å². The fraction of sp³-hybridized carbons (Fsp3) is 0. The number of esters is 1. The third kappa shape index (κ3) is 2.89. The fourth-order valence-electron chi connectivity index (χ4n) is 1.47. The Hall–Kier alpha value is -2.40. The molecule has 6 heteroatoms. The summed E-state index contributed by atoms with van der Waals surface area (Å²) in [7, 11) is 0. The predicted octanol–water partition coefficient (Wildman–Crippen LogP) is 3.47. The highest BCUT2D eigenvalue weighted by Crippen LogP contribution is 2.34. The van der Waals surface area contributed by atoms with Gasteiger partial charge < -0.3 is 4.74 Å². The van der Waals surface area contributed by atoms with Gasteiger partial charge >= 0.3 is 11.7 Å². The van der Waals surface area contributed by atoms with Crippen molar-refractivity contribution in [1.82, 2.24) is 0 Å². The molecule has 0 radical (unpaired) electrons. The van der Waals surface area contributed by atoms with E-state index in [0.717, 1.165) is 0 Å². The van der Waals surface area contributed by atoms with Crippen LogP contribution in [0.2, 0.25) is 5.02 Å². The Morgan fingerprint density at radius 3 is 2.42 bits per heavy atom. The van der Waals surface area contributed by atoms with Crippen LogP contribution in [0.5, 0.6) is 5.75 Å². The van der Waals surface area contributed by atoms with Gasteiger partial charge in [-0.15, -0.1) is 0 Å². The number of nitro groups is 1. The van der Waals surface area contributed by atoms with E-state index in [-0.39, 0.29) is 22.0 Å². The second-order valence-corrected chi connectivity index (χ2v) is 4.01. The number of ether oxygens (including phenoxy) is 1. The summed E-state index contributed by atoms with van der Waals surface area (Å²) >= 11 is 5.82. The Bertz CT molecular complexity index is 628. The van der Waals surface area contributed by atoms with Crippen LogP contribution in [0.1, 0.15) is 10.4 Å². The standard InChI is InChI=1S/C13H8ClNO4/c14-10-7-4-8-11(15(17)18)12(10)19-13(16)9-5-2-1-3-6-9/h1-8H.